The minimum absolute atomic E-state index is 0.206. The number of carbonyl (C=O) groups is 2. The van der Waals surface area contributed by atoms with E-state index >= 15 is 0 Å². The molecule has 1 fully saturated rings. The summed E-state index contributed by atoms with van der Waals surface area (Å²) in [6.07, 6.45) is 1.18. The second-order valence-corrected chi connectivity index (χ2v) is 6.78. The number of hydrogen-bond donors (Lipinski definition) is 1. The van der Waals surface area contributed by atoms with Crippen LogP contribution in [-0.2, 0) is 9.59 Å². The van der Waals surface area contributed by atoms with Gasteiger partial charge in [0.05, 0.1) is 7.05 Å². The Morgan fingerprint density at radius 3 is 1.55 bits per heavy atom. The van der Waals surface area contributed by atoms with Crippen molar-refractivity contribution in [3.05, 3.63) is 0 Å². The van der Waals surface area contributed by atoms with Crippen molar-refractivity contribution in [1.82, 2.24) is 9.80 Å². The topological polar surface area (TPSA) is 45.1 Å². The number of nitrogens with one attached hydrogen (secondary N) is 1. The lowest BCUT2D eigenvalue weighted by atomic mass is 10.1. The third kappa shape index (κ3) is 5.49. The predicted octanol–water partition coefficient (Wildman–Crippen LogP) is 0.179. The van der Waals surface area contributed by atoms with Crippen LogP contribution in [-0.4, -0.2) is 55.1 Å². The molecule has 2 amide bonds. The van der Waals surface area contributed by atoms with Gasteiger partial charge in [0.25, 0.3) is 0 Å². The second kappa shape index (κ2) is 7.62. The molecule has 0 atom stereocenters. The Labute approximate surface area is 122 Å². The number of hydrogen-bond acceptors (Lipinski definition) is 2. The molecule has 0 spiro atoms. The highest BCUT2D eigenvalue weighted by atomic mass is 16.2. The fourth-order valence-electron chi connectivity index (χ4n) is 2.48. The number of amides is 2. The van der Waals surface area contributed by atoms with Gasteiger partial charge in [-0.15, -0.1) is 0 Å². The molecule has 1 N–H and O–H groups in total. The van der Waals surface area contributed by atoms with Crippen molar-refractivity contribution in [1.29, 1.82) is 0 Å². The van der Waals surface area contributed by atoms with Crippen molar-refractivity contribution >= 4 is 11.8 Å². The van der Waals surface area contributed by atoms with Crippen molar-refractivity contribution < 1.29 is 14.5 Å². The minimum Gasteiger partial charge on any atom is -0.303 e. The summed E-state index contributed by atoms with van der Waals surface area (Å²) < 4.78 is 0. The maximum atomic E-state index is 12.2. The molecular formula is C15H30N3O2+. The zero-order chi connectivity index (χ0) is 15.3. The Kier molecular flexibility index (Phi) is 6.46. The number of rotatable bonds is 4. The zero-order valence-corrected chi connectivity index (χ0v) is 13.6. The van der Waals surface area contributed by atoms with Crippen LogP contribution in [0.2, 0.25) is 0 Å². The largest absolute Gasteiger partial charge is 0.303 e. The van der Waals surface area contributed by atoms with Gasteiger partial charge in [0.15, 0.2) is 13.3 Å². The molecule has 5 heteroatoms. The normalized spacial score (nSPS) is 17.8. The first-order valence-corrected chi connectivity index (χ1v) is 7.66. The van der Waals surface area contributed by atoms with Gasteiger partial charge in [0.2, 0.25) is 11.8 Å². The first-order chi connectivity index (χ1) is 9.29. The first kappa shape index (κ1) is 17.0. The summed E-state index contributed by atoms with van der Waals surface area (Å²) in [6.45, 7) is 10.9. The van der Waals surface area contributed by atoms with E-state index in [2.05, 4.69) is 27.7 Å². The van der Waals surface area contributed by atoms with E-state index in [9.17, 15) is 9.59 Å². The van der Waals surface area contributed by atoms with E-state index in [0.717, 1.165) is 0 Å². The van der Waals surface area contributed by atoms with Crippen molar-refractivity contribution in [2.24, 2.45) is 11.8 Å². The van der Waals surface area contributed by atoms with Gasteiger partial charge >= 0.3 is 0 Å². The van der Waals surface area contributed by atoms with E-state index in [-0.39, 0.29) is 11.8 Å². The lowest BCUT2D eigenvalue weighted by molar-refractivity contribution is -0.895. The Bertz CT molecular complexity index is 310. The molecular weight excluding hydrogens is 254 g/mol. The molecule has 1 heterocycles. The highest BCUT2D eigenvalue weighted by molar-refractivity contribution is 5.77. The summed E-state index contributed by atoms with van der Waals surface area (Å²) >= 11 is 0. The van der Waals surface area contributed by atoms with Crippen molar-refractivity contribution in [2.75, 3.05) is 33.5 Å². The van der Waals surface area contributed by atoms with Gasteiger partial charge in [0.1, 0.15) is 0 Å². The lowest BCUT2D eigenvalue weighted by Crippen LogP contribution is -3.11. The van der Waals surface area contributed by atoms with Crippen molar-refractivity contribution in [2.45, 2.75) is 40.5 Å². The van der Waals surface area contributed by atoms with E-state index < -0.39 is 0 Å². The molecule has 0 bridgehead atoms. The van der Waals surface area contributed by atoms with Crippen LogP contribution >= 0.6 is 0 Å². The van der Waals surface area contributed by atoms with Crippen LogP contribution in [0.5, 0.6) is 0 Å². The summed E-state index contributed by atoms with van der Waals surface area (Å²) in [5.74, 6) is 1.17. The zero-order valence-electron chi connectivity index (χ0n) is 13.6. The number of nitrogens with zero attached hydrogens (tertiary/aromatic N) is 2. The van der Waals surface area contributed by atoms with E-state index in [1.807, 2.05) is 16.8 Å². The quantitative estimate of drug-likeness (QED) is 0.800. The Morgan fingerprint density at radius 2 is 1.25 bits per heavy atom. The second-order valence-electron chi connectivity index (χ2n) is 6.78. The molecule has 0 aromatic carbocycles. The standard InChI is InChI=1S/C15H29N3O2/c1-12(2)8-14(19)17-6-7-18(11-16(5)10-17)15(20)9-13(3)4/h12-13H,6-11H2,1-5H3/p+1. The third-order valence-electron chi connectivity index (χ3n) is 3.43. The molecule has 1 rings (SSSR count). The first-order valence-electron chi connectivity index (χ1n) is 7.66. The van der Waals surface area contributed by atoms with E-state index in [1.54, 1.807) is 0 Å². The fourth-order valence-corrected chi connectivity index (χ4v) is 2.48. The van der Waals surface area contributed by atoms with Crippen LogP contribution in [0, 0.1) is 11.8 Å². The SMILES string of the molecule is CC(C)CC(=O)N1CCN(C(=O)CC(C)C)C[NH+](C)C1. The van der Waals surface area contributed by atoms with E-state index in [4.69, 9.17) is 0 Å². The molecule has 1 saturated heterocycles. The Morgan fingerprint density at radius 1 is 0.900 bits per heavy atom. The van der Waals surface area contributed by atoms with Crippen LogP contribution in [0.1, 0.15) is 40.5 Å². The molecule has 0 aliphatic carbocycles. The van der Waals surface area contributed by atoms with Crippen LogP contribution in [0.15, 0.2) is 0 Å². The van der Waals surface area contributed by atoms with E-state index in [1.165, 1.54) is 4.90 Å². The molecule has 1 aliphatic rings. The molecule has 116 valence electrons. The average molecular weight is 284 g/mol. The monoisotopic (exact) mass is 284 g/mol. The fraction of sp³-hybridized carbons (Fsp3) is 0.867. The molecule has 0 aromatic heterocycles. The number of carbonyl (C=O) groups excluding carboxylic acids is 2. The van der Waals surface area contributed by atoms with Crippen molar-refractivity contribution in [3.63, 3.8) is 0 Å². The number of quaternary nitrogens is 1. The summed E-state index contributed by atoms with van der Waals surface area (Å²) in [6, 6.07) is 0. The summed E-state index contributed by atoms with van der Waals surface area (Å²) in [4.78, 5) is 29.3. The lowest BCUT2D eigenvalue weighted by Gasteiger charge is -2.22. The van der Waals surface area contributed by atoms with Gasteiger partial charge < -0.3 is 4.90 Å². The third-order valence-corrected chi connectivity index (χ3v) is 3.43. The summed E-state index contributed by atoms with van der Waals surface area (Å²) in [5.41, 5.74) is 0. The van der Waals surface area contributed by atoms with Crippen LogP contribution < -0.4 is 4.90 Å². The smallest absolute Gasteiger partial charge is 0.227 e. The minimum atomic E-state index is 0.206. The average Bonchev–Trinajstić information content (AvgIpc) is 2.49. The maximum Gasteiger partial charge on any atom is 0.227 e. The van der Waals surface area contributed by atoms with Crippen LogP contribution in [0.3, 0.4) is 0 Å². The van der Waals surface area contributed by atoms with Crippen LogP contribution in [0.25, 0.3) is 0 Å². The molecule has 20 heavy (non-hydrogen) atoms. The molecule has 0 unspecified atom stereocenters. The van der Waals surface area contributed by atoms with Gasteiger partial charge in [-0.2, -0.15) is 0 Å². The highest BCUT2D eigenvalue weighted by Crippen LogP contribution is 2.07. The molecule has 5 nitrogen and oxygen atoms in total. The van der Waals surface area contributed by atoms with Gasteiger partial charge in [-0.25, -0.2) is 0 Å². The summed E-state index contributed by atoms with van der Waals surface area (Å²) in [7, 11) is 2.04. The maximum absolute atomic E-state index is 12.2. The van der Waals surface area contributed by atoms with Gasteiger partial charge in [0, 0.05) is 25.9 Å². The highest BCUT2D eigenvalue weighted by Gasteiger charge is 2.27. The Balaban J connectivity index is 2.60. The molecule has 1 aliphatic heterocycles. The summed E-state index contributed by atoms with van der Waals surface area (Å²) in [5, 5.41) is 0. The van der Waals surface area contributed by atoms with E-state index in [0.29, 0.717) is 51.1 Å². The molecule has 0 saturated carbocycles. The van der Waals surface area contributed by atoms with Crippen molar-refractivity contribution in [3.8, 4) is 0 Å². The molecule has 0 aromatic rings. The molecule has 0 radical (unpaired) electrons. The Hall–Kier alpha value is -1.10. The van der Waals surface area contributed by atoms with Gasteiger partial charge in [-0.05, 0) is 11.8 Å². The predicted molar refractivity (Wildman–Crippen MR) is 79.0 cm³/mol. The van der Waals surface area contributed by atoms with Crippen LogP contribution in [0.4, 0.5) is 0 Å². The van der Waals surface area contributed by atoms with Gasteiger partial charge in [-0.1, -0.05) is 27.7 Å². The van der Waals surface area contributed by atoms with Gasteiger partial charge in [-0.3, -0.25) is 19.4 Å².